The number of hydrogen-bond donors (Lipinski definition) is 0. The predicted molar refractivity (Wildman–Crippen MR) is 464 cm³/mol. The average Bonchev–Trinajstić information content (AvgIpc) is 0.808. The molecular weight excluding hydrogens is 1590 g/mol. The summed E-state index contributed by atoms with van der Waals surface area (Å²) in [5, 5.41) is 0. The minimum absolute atomic E-state index is 0.0821. The summed E-state index contributed by atoms with van der Waals surface area (Å²) in [5.41, 5.74) is -13.6. The summed E-state index contributed by atoms with van der Waals surface area (Å²) in [6, 6.07) is 7.47. The van der Waals surface area contributed by atoms with Gasteiger partial charge in [-0.1, -0.05) is 134 Å². The first-order chi connectivity index (χ1) is 57.8. The molecule has 7 aromatic rings. The molecule has 0 radical (unpaired) electrons. The molecule has 0 aliphatic rings. The van der Waals surface area contributed by atoms with Crippen LogP contribution in [0.25, 0.3) is 12.4 Å². The Morgan fingerprint density at radius 2 is 0.475 bits per heavy atom. The zero-order valence-electron chi connectivity index (χ0n) is 69.6. The van der Waals surface area contributed by atoms with Crippen molar-refractivity contribution in [2.24, 2.45) is 0 Å². The molecule has 7 aromatic heterocycles. The molecule has 0 amide bonds. The zero-order valence-corrected chi connectivity index (χ0v) is 69.6. The highest BCUT2D eigenvalue weighted by Crippen LogP contribution is 1.94. The molecule has 0 atom stereocenters. The highest BCUT2D eigenvalue weighted by molar-refractivity contribution is 5.20. The van der Waals surface area contributed by atoms with Gasteiger partial charge in [-0.3, -0.25) is 0 Å². The van der Waals surface area contributed by atoms with Crippen molar-refractivity contribution in [2.75, 3.05) is 0 Å². The van der Waals surface area contributed by atoms with Crippen LogP contribution < -0.4 is 119 Å². The number of nitrogens with zero attached hydrogens (tertiary/aromatic N) is 21. The molecule has 0 saturated carbocycles. The third-order valence-electron chi connectivity index (χ3n) is 16.1. The number of hydrogen-bond acceptors (Lipinski definition) is 21. The first-order valence-corrected chi connectivity index (χ1v) is 37.2. The second-order valence-electron chi connectivity index (χ2n) is 25.1. The Balaban J connectivity index is 0.000000713. The minimum Gasteiger partial charge on any atom is -0.247 e. The van der Waals surface area contributed by atoms with Crippen LogP contribution in [0.3, 0.4) is 0 Å². The summed E-state index contributed by atoms with van der Waals surface area (Å²) in [6.07, 6.45) is 42.5. The molecule has 0 spiro atoms. The molecule has 0 saturated heterocycles. The molecule has 0 fully saturated rings. The van der Waals surface area contributed by atoms with Crippen molar-refractivity contribution in [3.63, 3.8) is 0 Å². The van der Waals surface area contributed by atoms with Crippen LogP contribution in [0.15, 0.2) is 189 Å². The van der Waals surface area contributed by atoms with Crippen molar-refractivity contribution >= 4 is 12.4 Å². The fraction of sp³-hybridized carbons (Fsp3) is 0.388. The van der Waals surface area contributed by atoms with E-state index >= 15 is 0 Å². The normalized spacial score (nSPS) is 9.99. The third kappa shape index (κ3) is 24.9. The standard InChI is InChI=1S/2C14H21N3O3.C12H17N3O3.C11H11N3O3.C10H13N3O3.C10H9N3O3.C9H7N3O3/c1-6-7-15-12(18)16(8-10(2)3)14(20)17(13(15)19)9-11(4)5;1-4-7-10-16-12(18)15(9-6-3)13(19)17(14(16)20)11-8-5-2;1-4-7-13-10(16)14(8-5-2)12(18)15(9-6-3)11(13)17;1-4-7-13-9(15)12(6-3)10(16)14(8-5-2)11(13)17;2*1-4-7-13-9(15)11(5-2)8(14)12(6-3)10(13)16;1-4-10-7(13)11(5-2)9(15)12(6-3)8(10)14/h2,4,6-9H2,1,3,5H3;4-5H,1-2,6-11H2,3H3;4-5H,1-2,6-9H2,3H3;1-2H,6-8H2,3H3;5-6H,2-4,7H2,1H3;2-3H,4,7H2,1H3;1-2H,6H2,3H3. The van der Waals surface area contributed by atoms with Gasteiger partial charge in [-0.25, -0.2) is 178 Å². The summed E-state index contributed by atoms with van der Waals surface area (Å²) in [4.78, 5) is 248. The molecule has 122 heavy (non-hydrogen) atoms. The Hall–Kier alpha value is -15.9. The molecule has 0 aromatic carbocycles. The molecular formula is C80H99N21O21. The molecule has 7 heterocycles. The van der Waals surface area contributed by atoms with Gasteiger partial charge in [0.25, 0.3) is 0 Å². The van der Waals surface area contributed by atoms with Crippen molar-refractivity contribution in [1.82, 2.24) is 95.9 Å². The first-order valence-electron chi connectivity index (χ1n) is 37.2. The van der Waals surface area contributed by atoms with E-state index in [4.69, 9.17) is 38.5 Å². The van der Waals surface area contributed by atoms with E-state index in [1.54, 1.807) is 46.8 Å². The Morgan fingerprint density at radius 3 is 0.713 bits per heavy atom. The fourth-order valence-corrected chi connectivity index (χ4v) is 10.6. The van der Waals surface area contributed by atoms with Crippen LogP contribution in [-0.4, -0.2) is 95.9 Å². The molecule has 7 rings (SSSR count). The van der Waals surface area contributed by atoms with E-state index in [0.717, 1.165) is 90.0 Å². The summed E-state index contributed by atoms with van der Waals surface area (Å²) in [7, 11) is 0. The van der Waals surface area contributed by atoms with Gasteiger partial charge in [0.2, 0.25) is 0 Å². The predicted octanol–water partition coefficient (Wildman–Crippen LogP) is -3.81. The SMILES string of the molecule is C#CCn1c(=O)n(CC)c(=O)n(CC#C)c1=O.C#Cn1c(=O)n(C#C)c(=O)n(CC)c1=O.C#Cn1c(=O)n(C#C)c(=O)n(CCC)c1=O.C=C(C)Cn1c(=O)n(CCC)c(=O)n(CC(=C)C)c1=O.C=CCCn1c(=O)n(CCC)c(=O)n(CCC=C)c1=O.C=CCn1c(=O)n(CC=C)c(=O)n(CCC)c1=O.C=Cn1c(=O)n(C=C)c(=O)n(CCC)c1=O. The smallest absolute Gasteiger partial charge is 0.247 e. The monoisotopic (exact) mass is 1690 g/mol. The molecule has 0 bridgehead atoms. The van der Waals surface area contributed by atoms with Crippen molar-refractivity contribution in [3.05, 3.63) is 308 Å². The lowest BCUT2D eigenvalue weighted by molar-refractivity contribution is 0.445. The molecule has 650 valence electrons. The molecule has 0 aliphatic carbocycles. The molecule has 42 heteroatoms. The second-order valence-corrected chi connectivity index (χ2v) is 25.1. The quantitative estimate of drug-likeness (QED) is 0.0308. The van der Waals surface area contributed by atoms with Gasteiger partial charge in [-0.2, -0.15) is 18.3 Å². The molecule has 0 unspecified atom stereocenters. The number of aromatic nitrogens is 21. The summed E-state index contributed by atoms with van der Waals surface area (Å²) in [5.74, 6) is 4.38. The van der Waals surface area contributed by atoms with Crippen molar-refractivity contribution in [3.8, 4) is 74.6 Å². The molecule has 42 nitrogen and oxygen atoms in total. The van der Waals surface area contributed by atoms with Gasteiger partial charge in [0.1, 0.15) is 0 Å². The maximum absolute atomic E-state index is 12.3. The van der Waals surface area contributed by atoms with Crippen LogP contribution in [0.5, 0.6) is 0 Å². The Morgan fingerprint density at radius 1 is 0.262 bits per heavy atom. The van der Waals surface area contributed by atoms with Gasteiger partial charge < -0.3 is 0 Å². The summed E-state index contributed by atoms with van der Waals surface area (Å²) in [6.45, 7) is 46.1. The topological polar surface area (TPSA) is 462 Å². The third-order valence-corrected chi connectivity index (χ3v) is 16.1. The van der Waals surface area contributed by atoms with E-state index in [1.807, 2.05) is 51.9 Å². The van der Waals surface area contributed by atoms with Crippen LogP contribution in [0, 0.1) is 74.6 Å². The van der Waals surface area contributed by atoms with Gasteiger partial charge in [-0.05, 0) is 72.6 Å². The van der Waals surface area contributed by atoms with Gasteiger partial charge in [0, 0.05) is 95.5 Å². The number of terminal acetylenes is 6. The minimum atomic E-state index is -1.00. The maximum atomic E-state index is 12.3. The van der Waals surface area contributed by atoms with E-state index in [9.17, 15) is 101 Å². The summed E-state index contributed by atoms with van der Waals surface area (Å²) >= 11 is 0. The highest BCUT2D eigenvalue weighted by atomic mass is 16.2. The van der Waals surface area contributed by atoms with Gasteiger partial charge in [0.15, 0.2) is 0 Å². The van der Waals surface area contributed by atoms with Crippen molar-refractivity contribution in [2.45, 2.75) is 205 Å². The maximum Gasteiger partial charge on any atom is 0.360 e. The Kier molecular flexibility index (Phi) is 43.2. The molecule has 0 aliphatic heterocycles. The van der Waals surface area contributed by atoms with Crippen LogP contribution in [-0.2, 0) is 98.2 Å². The van der Waals surface area contributed by atoms with E-state index in [1.165, 1.54) is 12.2 Å². The molecule has 0 N–H and O–H groups in total. The van der Waals surface area contributed by atoms with E-state index in [-0.39, 0.29) is 91.6 Å². The summed E-state index contributed by atoms with van der Waals surface area (Å²) < 4.78 is 18.1. The average molecular weight is 1690 g/mol. The Labute approximate surface area is 693 Å². The largest absolute Gasteiger partial charge is 0.360 e. The highest BCUT2D eigenvalue weighted by Gasteiger charge is 2.20. The van der Waals surface area contributed by atoms with Crippen molar-refractivity contribution < 1.29 is 0 Å². The number of rotatable bonds is 30. The van der Waals surface area contributed by atoms with Gasteiger partial charge in [0.05, 0.1) is 39.3 Å². The first kappa shape index (κ1) is 104. The van der Waals surface area contributed by atoms with Gasteiger partial charge in [-0.15, -0.1) is 39.2 Å². The van der Waals surface area contributed by atoms with E-state index < -0.39 is 119 Å². The lowest BCUT2D eigenvalue weighted by atomic mass is 10.3. The lowest BCUT2D eigenvalue weighted by Crippen LogP contribution is -2.54. The van der Waals surface area contributed by atoms with E-state index in [0.29, 0.717) is 80.9 Å². The Bertz CT molecular complexity index is 6480. The van der Waals surface area contributed by atoms with Crippen LogP contribution in [0.1, 0.15) is 107 Å². The van der Waals surface area contributed by atoms with Gasteiger partial charge >= 0.3 is 119 Å². The van der Waals surface area contributed by atoms with Crippen LogP contribution in [0.4, 0.5) is 0 Å². The van der Waals surface area contributed by atoms with Crippen LogP contribution in [0.2, 0.25) is 0 Å². The zero-order chi connectivity index (χ0) is 93.4. The fourth-order valence-electron chi connectivity index (χ4n) is 10.6. The second kappa shape index (κ2) is 50.6. The lowest BCUT2D eigenvalue weighted by Gasteiger charge is -2.13. The number of allylic oxidation sites excluding steroid dienone is 6. The van der Waals surface area contributed by atoms with Crippen molar-refractivity contribution in [1.29, 1.82) is 0 Å². The van der Waals surface area contributed by atoms with Crippen LogP contribution >= 0.6 is 0 Å². The van der Waals surface area contributed by atoms with E-state index in [2.05, 4.69) is 64.5 Å².